The van der Waals surface area contributed by atoms with Gasteiger partial charge in [0.2, 0.25) is 0 Å². The Morgan fingerprint density at radius 1 is 1.37 bits per heavy atom. The standard InChI is InChI=1S/C14H21N3OS/c1-9(2)15-14(19)17-16-11(4)12-8-10(3)6-7-13(12)18-5/h6-9H,1-5H3,(H2,15,17,19)/b16-11-. The van der Waals surface area contributed by atoms with Gasteiger partial charge in [-0.25, -0.2) is 0 Å². The predicted octanol–water partition coefficient (Wildman–Crippen LogP) is 2.60. The minimum atomic E-state index is 0.281. The molecule has 0 atom stereocenters. The van der Waals surface area contributed by atoms with Gasteiger partial charge in [0.1, 0.15) is 5.75 Å². The van der Waals surface area contributed by atoms with Crippen LogP contribution in [0.2, 0.25) is 0 Å². The van der Waals surface area contributed by atoms with Crippen molar-refractivity contribution in [2.45, 2.75) is 33.7 Å². The number of thiocarbonyl (C=S) groups is 1. The van der Waals surface area contributed by atoms with Crippen molar-refractivity contribution in [1.29, 1.82) is 0 Å². The van der Waals surface area contributed by atoms with E-state index in [2.05, 4.69) is 15.8 Å². The number of hydrogen-bond acceptors (Lipinski definition) is 3. The fraction of sp³-hybridized carbons (Fsp3) is 0.429. The Labute approximate surface area is 120 Å². The Bertz CT molecular complexity index is 484. The number of nitrogens with zero attached hydrogens (tertiary/aromatic N) is 1. The van der Waals surface area contributed by atoms with Crippen LogP contribution in [-0.2, 0) is 0 Å². The molecule has 0 aromatic heterocycles. The van der Waals surface area contributed by atoms with Crippen molar-refractivity contribution in [3.8, 4) is 5.75 Å². The van der Waals surface area contributed by atoms with Crippen LogP contribution >= 0.6 is 12.2 Å². The van der Waals surface area contributed by atoms with Crippen LogP contribution < -0.4 is 15.5 Å². The van der Waals surface area contributed by atoms with Crippen molar-refractivity contribution >= 4 is 23.0 Å². The summed E-state index contributed by atoms with van der Waals surface area (Å²) in [6.45, 7) is 8.00. The van der Waals surface area contributed by atoms with E-state index in [1.165, 1.54) is 0 Å². The van der Waals surface area contributed by atoms with E-state index in [4.69, 9.17) is 17.0 Å². The van der Waals surface area contributed by atoms with Crippen molar-refractivity contribution in [3.05, 3.63) is 29.3 Å². The summed E-state index contributed by atoms with van der Waals surface area (Å²) < 4.78 is 5.34. The van der Waals surface area contributed by atoms with Crippen molar-refractivity contribution < 1.29 is 4.74 Å². The van der Waals surface area contributed by atoms with Crippen molar-refractivity contribution in [3.63, 3.8) is 0 Å². The Morgan fingerprint density at radius 3 is 2.63 bits per heavy atom. The summed E-state index contributed by atoms with van der Waals surface area (Å²) in [6.07, 6.45) is 0. The van der Waals surface area contributed by atoms with Crippen LogP contribution in [-0.4, -0.2) is 24.0 Å². The molecule has 0 bridgehead atoms. The number of methoxy groups -OCH3 is 1. The number of hydrogen-bond donors (Lipinski definition) is 2. The summed E-state index contributed by atoms with van der Waals surface area (Å²) in [5, 5.41) is 7.87. The van der Waals surface area contributed by atoms with Gasteiger partial charge in [-0.1, -0.05) is 11.6 Å². The summed E-state index contributed by atoms with van der Waals surface area (Å²) in [4.78, 5) is 0. The maximum absolute atomic E-state index is 5.34. The summed E-state index contributed by atoms with van der Waals surface area (Å²) in [7, 11) is 1.65. The van der Waals surface area contributed by atoms with Crippen molar-refractivity contribution in [2.24, 2.45) is 5.10 Å². The average molecular weight is 279 g/mol. The molecule has 0 unspecified atom stereocenters. The van der Waals surface area contributed by atoms with E-state index in [0.717, 1.165) is 22.6 Å². The number of ether oxygens (including phenoxy) is 1. The lowest BCUT2D eigenvalue weighted by atomic mass is 10.1. The molecule has 0 saturated heterocycles. The van der Waals surface area contributed by atoms with E-state index < -0.39 is 0 Å². The zero-order chi connectivity index (χ0) is 14.4. The molecule has 0 saturated carbocycles. The molecule has 1 aromatic carbocycles. The predicted molar refractivity (Wildman–Crippen MR) is 83.9 cm³/mol. The molecule has 0 spiro atoms. The first-order chi connectivity index (χ1) is 8.93. The molecule has 0 amide bonds. The molecule has 0 aliphatic carbocycles. The quantitative estimate of drug-likeness (QED) is 0.505. The highest BCUT2D eigenvalue weighted by Gasteiger charge is 2.06. The monoisotopic (exact) mass is 279 g/mol. The van der Waals surface area contributed by atoms with E-state index in [1.54, 1.807) is 7.11 Å². The molecular weight excluding hydrogens is 258 g/mol. The molecule has 104 valence electrons. The van der Waals surface area contributed by atoms with Gasteiger partial charge in [-0.15, -0.1) is 0 Å². The molecule has 1 aromatic rings. The number of rotatable bonds is 4. The smallest absolute Gasteiger partial charge is 0.187 e. The van der Waals surface area contributed by atoms with Crippen LogP contribution in [0.25, 0.3) is 0 Å². The summed E-state index contributed by atoms with van der Waals surface area (Å²) >= 11 is 5.13. The zero-order valence-electron chi connectivity index (χ0n) is 12.1. The van der Waals surface area contributed by atoms with Gasteiger partial charge in [0.05, 0.1) is 12.8 Å². The van der Waals surface area contributed by atoms with Crippen LogP contribution in [0.1, 0.15) is 31.9 Å². The highest BCUT2D eigenvalue weighted by atomic mass is 32.1. The van der Waals surface area contributed by atoms with E-state index in [-0.39, 0.29) is 6.04 Å². The highest BCUT2D eigenvalue weighted by molar-refractivity contribution is 7.80. The van der Waals surface area contributed by atoms with Crippen LogP contribution in [0.3, 0.4) is 0 Å². The maximum Gasteiger partial charge on any atom is 0.187 e. The van der Waals surface area contributed by atoms with Crippen LogP contribution in [0, 0.1) is 6.92 Å². The van der Waals surface area contributed by atoms with E-state index >= 15 is 0 Å². The Balaban J connectivity index is 2.84. The average Bonchev–Trinajstić information content (AvgIpc) is 2.35. The molecule has 4 nitrogen and oxygen atoms in total. The van der Waals surface area contributed by atoms with Gasteiger partial charge in [0.25, 0.3) is 0 Å². The largest absolute Gasteiger partial charge is 0.496 e. The second-order valence-electron chi connectivity index (χ2n) is 4.64. The van der Waals surface area contributed by atoms with Crippen LogP contribution in [0.15, 0.2) is 23.3 Å². The molecule has 5 heteroatoms. The minimum absolute atomic E-state index is 0.281. The highest BCUT2D eigenvalue weighted by Crippen LogP contribution is 2.20. The normalized spacial score (nSPS) is 11.4. The third kappa shape index (κ3) is 4.87. The lowest BCUT2D eigenvalue weighted by Crippen LogP contribution is -2.37. The fourth-order valence-electron chi connectivity index (χ4n) is 1.59. The third-order valence-corrected chi connectivity index (χ3v) is 2.70. The molecule has 2 N–H and O–H groups in total. The van der Waals surface area contributed by atoms with Gasteiger partial charge < -0.3 is 10.1 Å². The van der Waals surface area contributed by atoms with E-state index in [0.29, 0.717) is 5.11 Å². The Kier molecular flexibility index (Phi) is 5.76. The van der Waals surface area contributed by atoms with Gasteiger partial charge in [0.15, 0.2) is 5.11 Å². The van der Waals surface area contributed by atoms with Gasteiger partial charge in [-0.3, -0.25) is 5.43 Å². The second-order valence-corrected chi connectivity index (χ2v) is 5.05. The topological polar surface area (TPSA) is 45.6 Å². The first-order valence-electron chi connectivity index (χ1n) is 6.20. The first kappa shape index (κ1) is 15.4. The second kappa shape index (κ2) is 7.09. The maximum atomic E-state index is 5.34. The molecular formula is C14H21N3OS. The molecule has 1 rings (SSSR count). The Morgan fingerprint density at radius 2 is 2.05 bits per heavy atom. The molecule has 0 fully saturated rings. The number of nitrogens with one attached hydrogen (secondary N) is 2. The number of hydrazone groups is 1. The van der Waals surface area contributed by atoms with E-state index in [1.807, 2.05) is 45.9 Å². The lowest BCUT2D eigenvalue weighted by Gasteiger charge is -2.12. The van der Waals surface area contributed by atoms with Gasteiger partial charge in [0, 0.05) is 11.6 Å². The summed E-state index contributed by atoms with van der Waals surface area (Å²) in [6, 6.07) is 6.27. The van der Waals surface area contributed by atoms with Crippen LogP contribution in [0.5, 0.6) is 5.75 Å². The minimum Gasteiger partial charge on any atom is -0.496 e. The first-order valence-corrected chi connectivity index (χ1v) is 6.60. The van der Waals surface area contributed by atoms with E-state index in [9.17, 15) is 0 Å². The Hall–Kier alpha value is -1.62. The summed E-state index contributed by atoms with van der Waals surface area (Å²) in [5.74, 6) is 0.802. The van der Waals surface area contributed by atoms with Gasteiger partial charge in [-0.05, 0) is 52.0 Å². The fourth-order valence-corrected chi connectivity index (χ4v) is 1.88. The molecule has 0 aliphatic rings. The van der Waals surface area contributed by atoms with Crippen molar-refractivity contribution in [1.82, 2.24) is 10.7 Å². The summed E-state index contributed by atoms with van der Waals surface area (Å²) in [5.41, 5.74) is 5.78. The molecule has 19 heavy (non-hydrogen) atoms. The molecule has 0 heterocycles. The number of benzene rings is 1. The zero-order valence-corrected chi connectivity index (χ0v) is 12.9. The van der Waals surface area contributed by atoms with Gasteiger partial charge in [-0.2, -0.15) is 5.10 Å². The third-order valence-electron chi connectivity index (χ3n) is 2.49. The molecule has 0 aliphatic heterocycles. The van der Waals surface area contributed by atoms with Crippen molar-refractivity contribution in [2.75, 3.05) is 7.11 Å². The van der Waals surface area contributed by atoms with Crippen LogP contribution in [0.4, 0.5) is 0 Å². The molecule has 0 radical (unpaired) electrons. The SMILES string of the molecule is COc1ccc(C)cc1/C(C)=N\NC(=S)NC(C)C. The lowest BCUT2D eigenvalue weighted by molar-refractivity contribution is 0.414. The number of aryl methyl sites for hydroxylation is 1. The van der Waals surface area contributed by atoms with Gasteiger partial charge >= 0.3 is 0 Å².